The van der Waals surface area contributed by atoms with Gasteiger partial charge in [-0.05, 0) is 67.3 Å². The lowest BCUT2D eigenvalue weighted by atomic mass is 10.0. The van der Waals surface area contributed by atoms with E-state index < -0.39 is 10.0 Å². The van der Waals surface area contributed by atoms with Gasteiger partial charge in [-0.2, -0.15) is 0 Å². The SMILES string of the molecule is O=C(c1ccc(S(=O)(=O)N2CCCc3ccccc32)cc1)N(CCCN1CCOCC1)c1nc2c(Cl)cccc2s1. The van der Waals surface area contributed by atoms with Gasteiger partial charge in [0.25, 0.3) is 15.9 Å². The Labute approximate surface area is 249 Å². The molecule has 1 amide bonds. The molecule has 2 aliphatic rings. The minimum Gasteiger partial charge on any atom is -0.379 e. The number of benzene rings is 3. The van der Waals surface area contributed by atoms with Crippen LogP contribution in [0.15, 0.2) is 71.6 Å². The highest BCUT2D eigenvalue weighted by atomic mass is 35.5. The number of carbonyl (C=O) groups is 1. The number of para-hydroxylation sites is 2. The maximum Gasteiger partial charge on any atom is 0.264 e. The van der Waals surface area contributed by atoms with Gasteiger partial charge in [-0.1, -0.05) is 47.2 Å². The van der Waals surface area contributed by atoms with E-state index in [0.717, 1.165) is 68.1 Å². The van der Waals surface area contributed by atoms with Crippen LogP contribution < -0.4 is 9.21 Å². The third-order valence-electron chi connectivity index (χ3n) is 7.55. The van der Waals surface area contributed by atoms with E-state index in [0.29, 0.717) is 34.3 Å². The van der Waals surface area contributed by atoms with Gasteiger partial charge in [0.1, 0.15) is 5.52 Å². The molecular formula is C30H31ClN4O4S2. The van der Waals surface area contributed by atoms with E-state index in [1.807, 2.05) is 36.4 Å². The Morgan fingerprint density at radius 2 is 1.78 bits per heavy atom. The van der Waals surface area contributed by atoms with Crippen molar-refractivity contribution in [3.63, 3.8) is 0 Å². The van der Waals surface area contributed by atoms with Crippen molar-refractivity contribution >= 4 is 59.9 Å². The number of halogens is 1. The minimum absolute atomic E-state index is 0.163. The van der Waals surface area contributed by atoms with Crippen LogP contribution in [0.5, 0.6) is 0 Å². The summed E-state index contributed by atoms with van der Waals surface area (Å²) in [6.07, 6.45) is 2.38. The van der Waals surface area contributed by atoms with E-state index in [9.17, 15) is 13.2 Å². The predicted octanol–water partition coefficient (Wildman–Crippen LogP) is 5.46. The molecule has 41 heavy (non-hydrogen) atoms. The maximum absolute atomic E-state index is 13.9. The molecule has 0 N–H and O–H groups in total. The molecule has 1 fully saturated rings. The fraction of sp³-hybridized carbons (Fsp3) is 0.333. The molecule has 1 saturated heterocycles. The van der Waals surface area contributed by atoms with Crippen molar-refractivity contribution in [2.45, 2.75) is 24.2 Å². The number of aromatic nitrogens is 1. The van der Waals surface area contributed by atoms with Crippen LogP contribution in [0, 0.1) is 0 Å². The molecule has 0 atom stereocenters. The van der Waals surface area contributed by atoms with E-state index in [1.54, 1.807) is 23.1 Å². The Morgan fingerprint density at radius 1 is 1.00 bits per heavy atom. The average Bonchev–Trinajstić information content (AvgIpc) is 3.45. The Kier molecular flexibility index (Phi) is 8.28. The summed E-state index contributed by atoms with van der Waals surface area (Å²) < 4.78 is 35.0. The standard InChI is InChI=1S/C30H31ClN4O4S2/c31-25-8-3-10-27-28(25)32-30(40-27)34(16-5-15-33-18-20-39-21-19-33)29(36)23-11-13-24(14-12-23)41(37,38)35-17-4-7-22-6-1-2-9-26(22)35/h1-3,6,8-14H,4-5,7,15-21H2. The number of sulfonamides is 1. The van der Waals surface area contributed by atoms with Gasteiger partial charge in [0.2, 0.25) is 0 Å². The number of hydrogen-bond acceptors (Lipinski definition) is 7. The number of aryl methyl sites for hydroxylation is 1. The van der Waals surface area contributed by atoms with Gasteiger partial charge in [-0.3, -0.25) is 18.9 Å². The number of hydrogen-bond donors (Lipinski definition) is 0. The summed E-state index contributed by atoms with van der Waals surface area (Å²) >= 11 is 7.82. The number of nitrogens with zero attached hydrogens (tertiary/aromatic N) is 4. The molecular weight excluding hydrogens is 580 g/mol. The fourth-order valence-corrected chi connectivity index (χ4v) is 8.21. The van der Waals surface area contributed by atoms with Crippen LogP contribution in [-0.2, 0) is 21.2 Å². The van der Waals surface area contributed by atoms with Crippen molar-refractivity contribution < 1.29 is 17.9 Å². The minimum atomic E-state index is -3.77. The molecule has 0 spiro atoms. The number of thiazole rings is 1. The Bertz CT molecular complexity index is 1650. The Balaban J connectivity index is 1.25. The largest absolute Gasteiger partial charge is 0.379 e. The van der Waals surface area contributed by atoms with Crippen molar-refractivity contribution in [2.24, 2.45) is 0 Å². The molecule has 0 radical (unpaired) electrons. The maximum atomic E-state index is 13.9. The zero-order valence-electron chi connectivity index (χ0n) is 22.5. The van der Waals surface area contributed by atoms with E-state index >= 15 is 0 Å². The van der Waals surface area contributed by atoms with Crippen molar-refractivity contribution in [3.05, 3.63) is 82.9 Å². The zero-order valence-corrected chi connectivity index (χ0v) is 24.9. The quantitative estimate of drug-likeness (QED) is 0.263. The van der Waals surface area contributed by atoms with Crippen molar-refractivity contribution in [1.29, 1.82) is 0 Å². The molecule has 3 aromatic carbocycles. The van der Waals surface area contributed by atoms with Crippen LogP contribution in [0.2, 0.25) is 5.02 Å². The second kappa shape index (κ2) is 12.1. The molecule has 0 unspecified atom stereocenters. The van der Waals surface area contributed by atoms with Crippen LogP contribution in [0.1, 0.15) is 28.8 Å². The van der Waals surface area contributed by atoms with Crippen LogP contribution in [0.3, 0.4) is 0 Å². The first-order valence-corrected chi connectivity index (χ1v) is 16.4. The number of amides is 1. The molecule has 3 heterocycles. The molecule has 0 aliphatic carbocycles. The first-order chi connectivity index (χ1) is 19.9. The number of rotatable bonds is 8. The van der Waals surface area contributed by atoms with Gasteiger partial charge < -0.3 is 4.74 Å². The van der Waals surface area contributed by atoms with Crippen LogP contribution in [0.4, 0.5) is 10.8 Å². The van der Waals surface area contributed by atoms with Crippen molar-refractivity contribution in [3.8, 4) is 0 Å². The highest BCUT2D eigenvalue weighted by Crippen LogP contribution is 2.34. The van der Waals surface area contributed by atoms with Gasteiger partial charge in [0, 0.05) is 38.3 Å². The second-order valence-corrected chi connectivity index (χ2v) is 13.5. The van der Waals surface area contributed by atoms with Gasteiger partial charge in [0.15, 0.2) is 5.13 Å². The number of ether oxygens (including phenoxy) is 1. The topological polar surface area (TPSA) is 83.1 Å². The summed E-state index contributed by atoms with van der Waals surface area (Å²) in [5.41, 5.74) is 2.82. The molecule has 0 bridgehead atoms. The predicted molar refractivity (Wildman–Crippen MR) is 164 cm³/mol. The highest BCUT2D eigenvalue weighted by Gasteiger charge is 2.29. The van der Waals surface area contributed by atoms with Gasteiger partial charge >= 0.3 is 0 Å². The van der Waals surface area contributed by atoms with E-state index in [2.05, 4.69) is 4.90 Å². The molecule has 4 aromatic rings. The molecule has 2 aliphatic heterocycles. The lowest BCUT2D eigenvalue weighted by Crippen LogP contribution is -2.39. The van der Waals surface area contributed by atoms with Crippen LogP contribution in [0.25, 0.3) is 10.2 Å². The summed E-state index contributed by atoms with van der Waals surface area (Å²) in [5, 5.41) is 1.11. The lowest BCUT2D eigenvalue weighted by molar-refractivity contribution is 0.0376. The number of carbonyl (C=O) groups excluding carboxylic acids is 1. The summed E-state index contributed by atoms with van der Waals surface area (Å²) in [5.74, 6) is -0.227. The fourth-order valence-electron chi connectivity index (χ4n) is 5.38. The lowest BCUT2D eigenvalue weighted by Gasteiger charge is -2.30. The van der Waals surface area contributed by atoms with E-state index in [-0.39, 0.29) is 10.8 Å². The van der Waals surface area contributed by atoms with Crippen molar-refractivity contribution in [1.82, 2.24) is 9.88 Å². The summed E-state index contributed by atoms with van der Waals surface area (Å²) in [4.78, 5) is 22.8. The smallest absolute Gasteiger partial charge is 0.264 e. The van der Waals surface area contributed by atoms with Gasteiger partial charge in [-0.15, -0.1) is 0 Å². The van der Waals surface area contributed by atoms with Gasteiger partial charge in [0.05, 0.1) is 33.5 Å². The molecule has 8 nitrogen and oxygen atoms in total. The summed E-state index contributed by atoms with van der Waals surface area (Å²) in [6, 6.07) is 19.5. The highest BCUT2D eigenvalue weighted by molar-refractivity contribution is 7.92. The molecule has 0 saturated carbocycles. The summed E-state index contributed by atoms with van der Waals surface area (Å²) in [6.45, 7) is 4.93. The zero-order chi connectivity index (χ0) is 28.4. The number of fused-ring (bicyclic) bond motifs is 2. The second-order valence-electron chi connectivity index (χ2n) is 10.2. The van der Waals surface area contributed by atoms with Crippen LogP contribution in [-0.4, -0.2) is 70.1 Å². The number of morpholine rings is 1. The third kappa shape index (κ3) is 5.85. The normalized spacial score (nSPS) is 16.1. The van der Waals surface area contributed by atoms with Crippen molar-refractivity contribution in [2.75, 3.05) is 55.1 Å². The molecule has 11 heteroatoms. The van der Waals surface area contributed by atoms with Gasteiger partial charge in [-0.25, -0.2) is 13.4 Å². The molecule has 1 aromatic heterocycles. The van der Waals surface area contributed by atoms with Crippen LogP contribution >= 0.6 is 22.9 Å². The average molecular weight is 611 g/mol. The monoisotopic (exact) mass is 610 g/mol. The third-order valence-corrected chi connectivity index (χ3v) is 10.7. The number of anilines is 2. The van der Waals surface area contributed by atoms with E-state index in [1.165, 1.54) is 27.8 Å². The molecule has 214 valence electrons. The first-order valence-electron chi connectivity index (χ1n) is 13.8. The van der Waals surface area contributed by atoms with E-state index in [4.69, 9.17) is 21.3 Å². The Hall–Kier alpha value is -3.02. The summed E-state index contributed by atoms with van der Waals surface area (Å²) in [7, 11) is -3.77. The first kappa shape index (κ1) is 28.1. The molecule has 6 rings (SSSR count). The Morgan fingerprint density at radius 3 is 2.56 bits per heavy atom.